The Hall–Kier alpha value is -1.52. The maximum absolute atomic E-state index is 6.18. The fourth-order valence-corrected chi connectivity index (χ4v) is 2.79. The Morgan fingerprint density at radius 2 is 2.09 bits per heavy atom. The predicted molar refractivity (Wildman–Crippen MR) is 89.6 cm³/mol. The van der Waals surface area contributed by atoms with E-state index in [0.717, 1.165) is 17.0 Å². The second-order valence-electron chi connectivity index (χ2n) is 5.91. The summed E-state index contributed by atoms with van der Waals surface area (Å²) in [6.07, 6.45) is 3.68. The zero-order valence-electron chi connectivity index (χ0n) is 14.2. The van der Waals surface area contributed by atoms with Crippen molar-refractivity contribution >= 4 is 5.69 Å². The molecule has 0 amide bonds. The maximum atomic E-state index is 6.18. The molecule has 2 atom stereocenters. The molecule has 1 heterocycles. The highest BCUT2D eigenvalue weighted by Crippen LogP contribution is 2.44. The number of allylic oxidation sites excluding steroid dienone is 1. The van der Waals surface area contributed by atoms with Crippen LogP contribution in [0.1, 0.15) is 39.4 Å². The molecule has 4 heteroatoms. The van der Waals surface area contributed by atoms with Crippen LogP contribution in [0.3, 0.4) is 0 Å². The largest absolute Gasteiger partial charge is 0.485 e. The lowest BCUT2D eigenvalue weighted by molar-refractivity contribution is -0.155. The number of hydrogen-bond donors (Lipinski definition) is 1. The first-order chi connectivity index (χ1) is 10.5. The molecule has 1 aromatic carbocycles. The average molecular weight is 305 g/mol. The van der Waals surface area contributed by atoms with Crippen LogP contribution in [0.15, 0.2) is 30.4 Å². The third-order valence-electron chi connectivity index (χ3n) is 3.89. The highest BCUT2D eigenvalue weighted by Gasteiger charge is 2.45. The SMILES string of the molecule is CC=CCOC1C(OCC)c2cc(NC)ccc2OC1(C)C. The van der Waals surface area contributed by atoms with Gasteiger partial charge in [0, 0.05) is 24.9 Å². The number of ether oxygens (including phenoxy) is 3. The summed E-state index contributed by atoms with van der Waals surface area (Å²) in [7, 11) is 1.91. The number of fused-ring (bicyclic) bond motifs is 1. The highest BCUT2D eigenvalue weighted by molar-refractivity contribution is 5.53. The van der Waals surface area contributed by atoms with E-state index in [0.29, 0.717) is 13.2 Å². The Kier molecular flexibility index (Phi) is 5.48. The number of anilines is 1. The van der Waals surface area contributed by atoms with Crippen LogP contribution < -0.4 is 10.1 Å². The number of hydrogen-bond acceptors (Lipinski definition) is 4. The van der Waals surface area contributed by atoms with E-state index in [2.05, 4.69) is 11.4 Å². The molecule has 1 aliphatic rings. The second-order valence-corrected chi connectivity index (χ2v) is 5.91. The van der Waals surface area contributed by atoms with E-state index in [4.69, 9.17) is 14.2 Å². The minimum atomic E-state index is -0.449. The fourth-order valence-electron chi connectivity index (χ4n) is 2.79. The van der Waals surface area contributed by atoms with Gasteiger partial charge in [-0.05, 0) is 45.9 Å². The summed E-state index contributed by atoms with van der Waals surface area (Å²) in [5.74, 6) is 0.869. The second kappa shape index (κ2) is 7.16. The molecule has 0 bridgehead atoms. The van der Waals surface area contributed by atoms with Crippen molar-refractivity contribution in [3.63, 3.8) is 0 Å². The van der Waals surface area contributed by atoms with Gasteiger partial charge in [-0.2, -0.15) is 0 Å². The van der Waals surface area contributed by atoms with Gasteiger partial charge in [-0.3, -0.25) is 0 Å². The van der Waals surface area contributed by atoms with Gasteiger partial charge in [0.1, 0.15) is 23.6 Å². The van der Waals surface area contributed by atoms with E-state index < -0.39 is 5.60 Å². The summed E-state index contributed by atoms with van der Waals surface area (Å²) >= 11 is 0. The Bertz CT molecular complexity index is 525. The van der Waals surface area contributed by atoms with Gasteiger partial charge in [-0.25, -0.2) is 0 Å². The standard InChI is InChI=1S/C18H27NO3/c1-6-8-11-21-17-16(20-7-2)14-12-13(19-5)9-10-15(14)22-18(17,3)4/h6,8-10,12,16-17,19H,7,11H2,1-5H3. The van der Waals surface area contributed by atoms with Crippen molar-refractivity contribution in [1.82, 2.24) is 0 Å². The molecule has 0 spiro atoms. The summed E-state index contributed by atoms with van der Waals surface area (Å²) in [6.45, 7) is 9.28. The third kappa shape index (κ3) is 3.45. The van der Waals surface area contributed by atoms with Crippen LogP contribution >= 0.6 is 0 Å². The monoisotopic (exact) mass is 305 g/mol. The number of benzene rings is 1. The van der Waals surface area contributed by atoms with Crippen molar-refractivity contribution in [1.29, 1.82) is 0 Å². The lowest BCUT2D eigenvalue weighted by Gasteiger charge is -2.44. The van der Waals surface area contributed by atoms with Gasteiger partial charge in [0.2, 0.25) is 0 Å². The molecule has 2 unspecified atom stereocenters. The fraction of sp³-hybridized carbons (Fsp3) is 0.556. The molecule has 0 fully saturated rings. The third-order valence-corrected chi connectivity index (χ3v) is 3.89. The van der Waals surface area contributed by atoms with E-state index in [1.54, 1.807) is 0 Å². The molecule has 1 aliphatic heterocycles. The van der Waals surface area contributed by atoms with E-state index in [9.17, 15) is 0 Å². The molecule has 0 saturated carbocycles. The average Bonchev–Trinajstić information content (AvgIpc) is 2.49. The molecule has 0 saturated heterocycles. The molecule has 0 aliphatic carbocycles. The van der Waals surface area contributed by atoms with Gasteiger partial charge in [-0.15, -0.1) is 0 Å². The first-order valence-corrected chi connectivity index (χ1v) is 7.88. The van der Waals surface area contributed by atoms with Crippen LogP contribution in [0.5, 0.6) is 5.75 Å². The Labute approximate surface area is 133 Å². The van der Waals surface area contributed by atoms with E-state index in [1.165, 1.54) is 0 Å². The Balaban J connectivity index is 2.38. The van der Waals surface area contributed by atoms with Gasteiger partial charge in [0.05, 0.1) is 6.61 Å². The highest BCUT2D eigenvalue weighted by atomic mass is 16.6. The topological polar surface area (TPSA) is 39.7 Å². The van der Waals surface area contributed by atoms with E-state index >= 15 is 0 Å². The minimum Gasteiger partial charge on any atom is -0.485 e. The summed E-state index contributed by atoms with van der Waals surface area (Å²) < 4.78 is 18.3. The van der Waals surface area contributed by atoms with Crippen molar-refractivity contribution in [2.45, 2.75) is 45.5 Å². The molecule has 4 nitrogen and oxygen atoms in total. The van der Waals surface area contributed by atoms with Gasteiger partial charge >= 0.3 is 0 Å². The zero-order chi connectivity index (χ0) is 16.2. The molecule has 1 aromatic rings. The summed E-state index contributed by atoms with van der Waals surface area (Å²) in [5.41, 5.74) is 1.63. The Morgan fingerprint density at radius 1 is 1.32 bits per heavy atom. The van der Waals surface area contributed by atoms with Crippen LogP contribution in [0.25, 0.3) is 0 Å². The van der Waals surface area contributed by atoms with Crippen molar-refractivity contribution in [2.24, 2.45) is 0 Å². The molecule has 2 rings (SSSR count). The van der Waals surface area contributed by atoms with Crippen LogP contribution in [-0.2, 0) is 9.47 Å². The normalized spacial score (nSPS) is 23.1. The van der Waals surface area contributed by atoms with Crippen molar-refractivity contribution in [2.75, 3.05) is 25.6 Å². The van der Waals surface area contributed by atoms with Gasteiger partial charge in [0.25, 0.3) is 0 Å². The first-order valence-electron chi connectivity index (χ1n) is 7.88. The quantitative estimate of drug-likeness (QED) is 0.808. The number of rotatable bonds is 6. The maximum Gasteiger partial charge on any atom is 0.132 e. The summed E-state index contributed by atoms with van der Waals surface area (Å²) in [5, 5.41) is 3.16. The van der Waals surface area contributed by atoms with Crippen molar-refractivity contribution in [3.05, 3.63) is 35.9 Å². The molecule has 1 N–H and O–H groups in total. The van der Waals surface area contributed by atoms with Crippen LogP contribution in [-0.4, -0.2) is 32.0 Å². The molecule has 122 valence electrons. The predicted octanol–water partition coefficient (Wildman–Crippen LogP) is 3.94. The van der Waals surface area contributed by atoms with Crippen molar-refractivity contribution < 1.29 is 14.2 Å². The Morgan fingerprint density at radius 3 is 2.73 bits per heavy atom. The van der Waals surface area contributed by atoms with Crippen LogP contribution in [0.2, 0.25) is 0 Å². The first kappa shape index (κ1) is 16.8. The lowest BCUT2D eigenvalue weighted by Crippen LogP contribution is -2.51. The molecular formula is C18H27NO3. The van der Waals surface area contributed by atoms with E-state index in [1.807, 2.05) is 59.0 Å². The van der Waals surface area contributed by atoms with E-state index in [-0.39, 0.29) is 12.2 Å². The zero-order valence-corrected chi connectivity index (χ0v) is 14.2. The smallest absolute Gasteiger partial charge is 0.132 e. The molecule has 0 radical (unpaired) electrons. The molecular weight excluding hydrogens is 278 g/mol. The number of nitrogens with one attached hydrogen (secondary N) is 1. The van der Waals surface area contributed by atoms with Gasteiger partial charge in [-0.1, -0.05) is 12.2 Å². The van der Waals surface area contributed by atoms with Crippen molar-refractivity contribution in [3.8, 4) is 5.75 Å². The summed E-state index contributed by atoms with van der Waals surface area (Å²) in [4.78, 5) is 0. The molecule has 0 aromatic heterocycles. The minimum absolute atomic E-state index is 0.137. The van der Waals surface area contributed by atoms with Crippen LogP contribution in [0, 0.1) is 0 Å². The van der Waals surface area contributed by atoms with Gasteiger partial charge < -0.3 is 19.5 Å². The van der Waals surface area contributed by atoms with Gasteiger partial charge in [0.15, 0.2) is 0 Å². The van der Waals surface area contributed by atoms with Crippen LogP contribution in [0.4, 0.5) is 5.69 Å². The summed E-state index contributed by atoms with van der Waals surface area (Å²) in [6, 6.07) is 6.09. The lowest BCUT2D eigenvalue weighted by atomic mass is 9.88. The molecule has 22 heavy (non-hydrogen) atoms.